The quantitative estimate of drug-likeness (QED) is 0.140. The molecule has 222 valence electrons. The van der Waals surface area contributed by atoms with Crippen LogP contribution in [0.4, 0.5) is 0 Å². The van der Waals surface area contributed by atoms with Gasteiger partial charge >= 0.3 is 0 Å². The molecule has 0 radical (unpaired) electrons. The van der Waals surface area contributed by atoms with Crippen LogP contribution in [0.2, 0.25) is 0 Å². The van der Waals surface area contributed by atoms with Crippen LogP contribution in [0.3, 0.4) is 0 Å². The fourth-order valence-electron chi connectivity index (χ4n) is 7.44. The van der Waals surface area contributed by atoms with Crippen molar-refractivity contribution in [2.24, 2.45) is 0 Å². The molecule has 4 heteroatoms. The largest absolute Gasteiger partial charge is 0.307 e. The normalized spacial score (nSPS) is 11.8. The number of aromatic nitrogens is 3. The summed E-state index contributed by atoms with van der Waals surface area (Å²) in [4.78, 5) is 0. The van der Waals surface area contributed by atoms with E-state index in [0.29, 0.717) is 0 Å². The molecule has 0 unspecified atom stereocenters. The molecular formula is C43H31N3Si. The zero-order chi connectivity index (χ0) is 31.2. The van der Waals surface area contributed by atoms with Crippen molar-refractivity contribution in [3.8, 4) is 11.4 Å². The molecule has 0 amide bonds. The van der Waals surface area contributed by atoms with Crippen LogP contribution in [-0.4, -0.2) is 22.4 Å². The molecule has 2 aromatic heterocycles. The molecule has 0 bridgehead atoms. The molecule has 9 rings (SSSR count). The van der Waals surface area contributed by atoms with Gasteiger partial charge in [-0.1, -0.05) is 152 Å². The molecule has 2 heterocycles. The Kier molecular flexibility index (Phi) is 6.47. The van der Waals surface area contributed by atoms with Gasteiger partial charge in [-0.25, -0.2) is 4.68 Å². The third-order valence-corrected chi connectivity index (χ3v) is 14.3. The maximum Gasteiger partial charge on any atom is 0.179 e. The summed E-state index contributed by atoms with van der Waals surface area (Å²) in [5, 5.41) is 14.2. The Labute approximate surface area is 274 Å². The maximum atomic E-state index is 5.17. The molecule has 0 atom stereocenters. The van der Waals surface area contributed by atoms with Crippen LogP contribution in [0, 0.1) is 0 Å². The summed E-state index contributed by atoms with van der Waals surface area (Å²) in [6, 6.07) is 66.1. The van der Waals surface area contributed by atoms with Gasteiger partial charge < -0.3 is 4.57 Å². The zero-order valence-corrected chi connectivity index (χ0v) is 26.7. The number of benzene rings is 7. The number of para-hydroxylation sites is 2. The topological polar surface area (TPSA) is 22.8 Å². The van der Waals surface area contributed by atoms with E-state index in [9.17, 15) is 0 Å². The smallest absolute Gasteiger partial charge is 0.179 e. The molecular weight excluding hydrogens is 587 g/mol. The standard InChI is InChI=1S/C43H31N3Si/c1-5-15-33(16-6-1)45-31-32-25-30-40-39-23-13-14-24-41(39)46(43(40)42(32)44-45)34-26-28-38(29-27-34)47(35-17-7-2-8-18-35,36-19-9-3-10-20-36)37-21-11-4-12-22-37/h1-31H. The van der Waals surface area contributed by atoms with Crippen LogP contribution in [0.15, 0.2) is 188 Å². The lowest BCUT2D eigenvalue weighted by molar-refractivity contribution is 0.897. The number of nitrogens with zero attached hydrogens (tertiary/aromatic N) is 3. The highest BCUT2D eigenvalue weighted by Crippen LogP contribution is 2.36. The first-order chi connectivity index (χ1) is 23.3. The number of rotatable bonds is 6. The molecule has 0 aliphatic rings. The van der Waals surface area contributed by atoms with Gasteiger partial charge in [0.2, 0.25) is 0 Å². The van der Waals surface area contributed by atoms with Gasteiger partial charge in [0.1, 0.15) is 5.52 Å². The second-order valence-electron chi connectivity index (χ2n) is 12.1. The number of hydrogen-bond acceptors (Lipinski definition) is 1. The average molecular weight is 618 g/mol. The minimum Gasteiger partial charge on any atom is -0.307 e. The van der Waals surface area contributed by atoms with Crippen molar-refractivity contribution < 1.29 is 0 Å². The molecule has 7 aromatic carbocycles. The third-order valence-electron chi connectivity index (χ3n) is 9.51. The predicted octanol–water partition coefficient (Wildman–Crippen LogP) is 7.50. The van der Waals surface area contributed by atoms with Crippen LogP contribution in [0.1, 0.15) is 0 Å². The molecule has 3 nitrogen and oxygen atoms in total. The van der Waals surface area contributed by atoms with Crippen LogP contribution in [0.25, 0.3) is 44.1 Å². The van der Waals surface area contributed by atoms with E-state index in [1.807, 2.05) is 10.7 Å². The second-order valence-corrected chi connectivity index (χ2v) is 15.9. The van der Waals surface area contributed by atoms with Gasteiger partial charge in [-0.2, -0.15) is 5.10 Å². The van der Waals surface area contributed by atoms with Crippen molar-refractivity contribution in [2.75, 3.05) is 0 Å². The fourth-order valence-corrected chi connectivity index (χ4v) is 12.2. The van der Waals surface area contributed by atoms with Gasteiger partial charge in [0.05, 0.1) is 16.7 Å². The molecule has 9 aromatic rings. The van der Waals surface area contributed by atoms with E-state index in [-0.39, 0.29) is 0 Å². The Hall–Kier alpha value is -5.97. The zero-order valence-electron chi connectivity index (χ0n) is 25.7. The Morgan fingerprint density at radius 3 is 1.51 bits per heavy atom. The second kappa shape index (κ2) is 11.1. The molecule has 0 saturated carbocycles. The molecule has 0 N–H and O–H groups in total. The fraction of sp³-hybridized carbons (Fsp3) is 0. The van der Waals surface area contributed by atoms with E-state index in [2.05, 4.69) is 187 Å². The Balaban J connectivity index is 1.30. The summed E-state index contributed by atoms with van der Waals surface area (Å²) in [5.74, 6) is 0. The van der Waals surface area contributed by atoms with Gasteiger partial charge in [0.25, 0.3) is 0 Å². The molecule has 0 spiro atoms. The van der Waals surface area contributed by atoms with E-state index < -0.39 is 8.07 Å². The molecule has 0 fully saturated rings. The third kappa shape index (κ3) is 4.30. The number of hydrogen-bond donors (Lipinski definition) is 0. The SMILES string of the molecule is c1ccc(-n2cc3ccc4c5ccccc5n(-c5ccc([Si](c6ccccc6)(c6ccccc6)c6ccccc6)cc5)c4c3n2)cc1. The van der Waals surface area contributed by atoms with Crippen molar-refractivity contribution in [3.05, 3.63) is 188 Å². The minimum atomic E-state index is -2.62. The van der Waals surface area contributed by atoms with Gasteiger partial charge in [0.15, 0.2) is 8.07 Å². The van der Waals surface area contributed by atoms with Gasteiger partial charge in [0, 0.05) is 28.0 Å². The Morgan fingerprint density at radius 1 is 0.404 bits per heavy atom. The van der Waals surface area contributed by atoms with Crippen molar-refractivity contribution >= 4 is 61.5 Å². The number of fused-ring (bicyclic) bond motifs is 5. The summed E-state index contributed by atoms with van der Waals surface area (Å²) in [6.07, 6.45) is 2.13. The monoisotopic (exact) mass is 617 g/mol. The van der Waals surface area contributed by atoms with E-state index in [0.717, 1.165) is 27.8 Å². The highest BCUT2D eigenvalue weighted by atomic mass is 28.3. The Bertz CT molecular complexity index is 2390. The van der Waals surface area contributed by atoms with Crippen molar-refractivity contribution in [1.82, 2.24) is 14.3 Å². The van der Waals surface area contributed by atoms with Gasteiger partial charge in [-0.3, -0.25) is 0 Å². The maximum absolute atomic E-state index is 5.17. The van der Waals surface area contributed by atoms with Crippen LogP contribution < -0.4 is 20.7 Å². The van der Waals surface area contributed by atoms with Gasteiger partial charge in [-0.05, 0) is 51.1 Å². The average Bonchev–Trinajstić information content (AvgIpc) is 3.74. The first-order valence-corrected chi connectivity index (χ1v) is 18.1. The van der Waals surface area contributed by atoms with E-state index in [1.54, 1.807) is 0 Å². The van der Waals surface area contributed by atoms with Crippen LogP contribution in [-0.2, 0) is 0 Å². The lowest BCUT2D eigenvalue weighted by Gasteiger charge is -2.34. The summed E-state index contributed by atoms with van der Waals surface area (Å²) in [6.45, 7) is 0. The summed E-state index contributed by atoms with van der Waals surface area (Å²) < 4.78 is 4.39. The summed E-state index contributed by atoms with van der Waals surface area (Å²) >= 11 is 0. The summed E-state index contributed by atoms with van der Waals surface area (Å²) in [5.41, 5.74) is 5.47. The van der Waals surface area contributed by atoms with Crippen molar-refractivity contribution in [1.29, 1.82) is 0 Å². The molecule has 0 aliphatic heterocycles. The minimum absolute atomic E-state index is 0.994. The first kappa shape index (κ1) is 27.3. The van der Waals surface area contributed by atoms with E-state index >= 15 is 0 Å². The van der Waals surface area contributed by atoms with E-state index in [1.165, 1.54) is 37.0 Å². The van der Waals surface area contributed by atoms with E-state index in [4.69, 9.17) is 5.10 Å². The van der Waals surface area contributed by atoms with Crippen LogP contribution in [0.5, 0.6) is 0 Å². The molecule has 47 heavy (non-hydrogen) atoms. The summed E-state index contributed by atoms with van der Waals surface area (Å²) in [7, 11) is -2.62. The lowest BCUT2D eigenvalue weighted by Crippen LogP contribution is -2.74. The first-order valence-electron chi connectivity index (χ1n) is 16.1. The predicted molar refractivity (Wildman–Crippen MR) is 199 cm³/mol. The lowest BCUT2D eigenvalue weighted by atomic mass is 10.1. The van der Waals surface area contributed by atoms with Crippen LogP contribution >= 0.6 is 0 Å². The highest BCUT2D eigenvalue weighted by molar-refractivity contribution is 7.19. The van der Waals surface area contributed by atoms with Crippen molar-refractivity contribution in [2.45, 2.75) is 0 Å². The highest BCUT2D eigenvalue weighted by Gasteiger charge is 2.41. The molecule has 0 saturated heterocycles. The molecule has 0 aliphatic carbocycles. The Morgan fingerprint density at radius 2 is 0.915 bits per heavy atom. The van der Waals surface area contributed by atoms with Gasteiger partial charge in [-0.15, -0.1) is 0 Å². The van der Waals surface area contributed by atoms with Crippen molar-refractivity contribution in [3.63, 3.8) is 0 Å².